The Hall–Kier alpha value is -1.38. The van der Waals surface area contributed by atoms with Gasteiger partial charge in [0, 0.05) is 6.20 Å². The fraction of sp³-hybridized carbons (Fsp3) is 0. The monoisotopic (exact) mass is 136 g/mol. The Balaban J connectivity index is 2.86. The van der Waals surface area contributed by atoms with Gasteiger partial charge >= 0.3 is 0 Å². The molecule has 0 bridgehead atoms. The average molecular weight is 136 g/mol. The van der Waals surface area contributed by atoms with Gasteiger partial charge in [-0.15, -0.1) is 0 Å². The van der Waals surface area contributed by atoms with E-state index in [1.165, 1.54) is 6.07 Å². The second-order valence-corrected chi connectivity index (χ2v) is 2.04. The molecule has 2 aromatic heterocycles. The predicted molar refractivity (Wildman–Crippen MR) is 36.1 cm³/mol. The molecule has 0 unspecified atom stereocenters. The van der Waals surface area contributed by atoms with E-state index in [1.807, 2.05) is 0 Å². The fourth-order valence-electron chi connectivity index (χ4n) is 0.910. The molecule has 0 aliphatic rings. The summed E-state index contributed by atoms with van der Waals surface area (Å²) in [7, 11) is 0. The molecule has 0 amide bonds. The maximum Gasteiger partial charge on any atom is 0.213 e. The maximum atomic E-state index is 12.4. The molecule has 0 aliphatic heterocycles. The van der Waals surface area contributed by atoms with Gasteiger partial charge in [-0.25, -0.2) is 4.98 Å². The van der Waals surface area contributed by atoms with Crippen molar-refractivity contribution in [2.24, 2.45) is 0 Å². The number of aromatic nitrogens is 2. The number of hydrogen-bond donors (Lipinski definition) is 1. The summed E-state index contributed by atoms with van der Waals surface area (Å²) < 4.78 is 12.4. The molecule has 0 radical (unpaired) electrons. The average Bonchev–Trinajstić information content (AvgIpc) is 2.33. The van der Waals surface area contributed by atoms with Crippen LogP contribution in [0.5, 0.6) is 0 Å². The van der Waals surface area contributed by atoms with Crippen LogP contribution in [-0.4, -0.2) is 9.97 Å². The summed E-state index contributed by atoms with van der Waals surface area (Å²) in [5.41, 5.74) is 1.53. The van der Waals surface area contributed by atoms with Gasteiger partial charge in [-0.2, -0.15) is 4.39 Å². The maximum absolute atomic E-state index is 12.4. The van der Waals surface area contributed by atoms with E-state index in [0.29, 0.717) is 5.52 Å². The number of nitrogens with zero attached hydrogens (tertiary/aromatic N) is 1. The molecular formula is C7H5FN2. The molecule has 0 saturated carbocycles. The molecule has 0 aromatic carbocycles. The quantitative estimate of drug-likeness (QED) is 0.548. The lowest BCUT2D eigenvalue weighted by Gasteiger charge is -1.86. The van der Waals surface area contributed by atoms with Crippen molar-refractivity contribution in [3.63, 3.8) is 0 Å². The Kier molecular flexibility index (Phi) is 0.974. The standard InChI is InChI=1S/C7H5FN2/c8-7-2-1-5-6(10-7)3-4-9-5/h1-4,9H. The van der Waals surface area contributed by atoms with Gasteiger partial charge in [0.05, 0.1) is 11.0 Å². The highest BCUT2D eigenvalue weighted by molar-refractivity contribution is 5.74. The first kappa shape index (κ1) is 5.41. The molecule has 3 heteroatoms. The van der Waals surface area contributed by atoms with Crippen LogP contribution in [-0.2, 0) is 0 Å². The summed E-state index contributed by atoms with van der Waals surface area (Å²) in [4.78, 5) is 6.56. The van der Waals surface area contributed by atoms with Crippen LogP contribution >= 0.6 is 0 Å². The van der Waals surface area contributed by atoms with Crippen molar-refractivity contribution >= 4 is 11.0 Å². The number of H-pyrrole nitrogens is 1. The largest absolute Gasteiger partial charge is 0.360 e. The van der Waals surface area contributed by atoms with Crippen LogP contribution in [0.1, 0.15) is 0 Å². The van der Waals surface area contributed by atoms with Crippen LogP contribution in [0.2, 0.25) is 0 Å². The van der Waals surface area contributed by atoms with Crippen LogP contribution < -0.4 is 0 Å². The van der Waals surface area contributed by atoms with Crippen LogP contribution in [0, 0.1) is 5.95 Å². The Labute approximate surface area is 56.7 Å². The van der Waals surface area contributed by atoms with Crippen molar-refractivity contribution in [3.8, 4) is 0 Å². The van der Waals surface area contributed by atoms with Crippen LogP contribution in [0.3, 0.4) is 0 Å². The molecule has 0 fully saturated rings. The minimum Gasteiger partial charge on any atom is -0.360 e. The van der Waals surface area contributed by atoms with Crippen molar-refractivity contribution < 1.29 is 4.39 Å². The van der Waals surface area contributed by atoms with E-state index in [9.17, 15) is 4.39 Å². The molecule has 2 aromatic rings. The Morgan fingerprint density at radius 2 is 2.20 bits per heavy atom. The summed E-state index contributed by atoms with van der Waals surface area (Å²) in [6.07, 6.45) is 1.73. The van der Waals surface area contributed by atoms with Crippen molar-refractivity contribution in [2.75, 3.05) is 0 Å². The lowest BCUT2D eigenvalue weighted by molar-refractivity contribution is 0.589. The molecule has 0 spiro atoms. The topological polar surface area (TPSA) is 28.7 Å². The molecule has 10 heavy (non-hydrogen) atoms. The third-order valence-electron chi connectivity index (χ3n) is 1.37. The van der Waals surface area contributed by atoms with Gasteiger partial charge in [0.1, 0.15) is 0 Å². The van der Waals surface area contributed by atoms with E-state index in [-0.39, 0.29) is 0 Å². The molecule has 0 aliphatic carbocycles. The Bertz CT molecular complexity index is 353. The zero-order chi connectivity index (χ0) is 6.97. The number of halogens is 1. The first-order valence-corrected chi connectivity index (χ1v) is 2.96. The number of fused-ring (bicyclic) bond motifs is 1. The van der Waals surface area contributed by atoms with Gasteiger partial charge in [0.2, 0.25) is 5.95 Å². The smallest absolute Gasteiger partial charge is 0.213 e. The molecule has 2 nitrogen and oxygen atoms in total. The SMILES string of the molecule is Fc1ccc2[nH]ccc2n1. The van der Waals surface area contributed by atoms with Crippen molar-refractivity contribution in [3.05, 3.63) is 30.3 Å². The summed E-state index contributed by atoms with van der Waals surface area (Å²) in [5, 5.41) is 0. The minimum atomic E-state index is -0.438. The summed E-state index contributed by atoms with van der Waals surface area (Å²) in [5.74, 6) is -0.438. The highest BCUT2D eigenvalue weighted by atomic mass is 19.1. The fourth-order valence-corrected chi connectivity index (χ4v) is 0.910. The molecule has 50 valence electrons. The Morgan fingerprint density at radius 3 is 3.10 bits per heavy atom. The van der Waals surface area contributed by atoms with E-state index in [1.54, 1.807) is 18.3 Å². The van der Waals surface area contributed by atoms with E-state index in [4.69, 9.17) is 0 Å². The number of rotatable bonds is 0. The van der Waals surface area contributed by atoms with Gasteiger partial charge in [-0.3, -0.25) is 0 Å². The first-order valence-electron chi connectivity index (χ1n) is 2.96. The van der Waals surface area contributed by atoms with E-state index >= 15 is 0 Å². The number of nitrogens with one attached hydrogen (secondary N) is 1. The summed E-state index contributed by atoms with van der Waals surface area (Å²) in [6.45, 7) is 0. The molecule has 0 atom stereocenters. The zero-order valence-corrected chi connectivity index (χ0v) is 5.13. The first-order chi connectivity index (χ1) is 4.86. The molecular weight excluding hydrogens is 131 g/mol. The molecule has 1 N–H and O–H groups in total. The normalized spacial score (nSPS) is 10.5. The van der Waals surface area contributed by atoms with Crippen LogP contribution in [0.25, 0.3) is 11.0 Å². The highest BCUT2D eigenvalue weighted by Gasteiger charge is 1.95. The highest BCUT2D eigenvalue weighted by Crippen LogP contribution is 2.08. The summed E-state index contributed by atoms with van der Waals surface area (Å²) >= 11 is 0. The van der Waals surface area contributed by atoms with Crippen LogP contribution in [0.4, 0.5) is 4.39 Å². The van der Waals surface area contributed by atoms with Gasteiger partial charge in [0.25, 0.3) is 0 Å². The van der Waals surface area contributed by atoms with Crippen molar-refractivity contribution in [2.45, 2.75) is 0 Å². The zero-order valence-electron chi connectivity index (χ0n) is 5.13. The van der Waals surface area contributed by atoms with Gasteiger partial charge < -0.3 is 4.98 Å². The predicted octanol–water partition coefficient (Wildman–Crippen LogP) is 1.70. The van der Waals surface area contributed by atoms with Crippen LogP contribution in [0.15, 0.2) is 24.4 Å². The van der Waals surface area contributed by atoms with Gasteiger partial charge in [-0.05, 0) is 18.2 Å². The van der Waals surface area contributed by atoms with E-state index in [2.05, 4.69) is 9.97 Å². The lowest BCUT2D eigenvalue weighted by atomic mass is 10.4. The van der Waals surface area contributed by atoms with Crippen molar-refractivity contribution in [1.29, 1.82) is 0 Å². The van der Waals surface area contributed by atoms with E-state index in [0.717, 1.165) is 5.52 Å². The second-order valence-electron chi connectivity index (χ2n) is 2.04. The number of pyridine rings is 1. The molecule has 2 rings (SSSR count). The molecule has 2 heterocycles. The number of hydrogen-bond acceptors (Lipinski definition) is 1. The molecule has 0 saturated heterocycles. The van der Waals surface area contributed by atoms with Crippen molar-refractivity contribution in [1.82, 2.24) is 9.97 Å². The Morgan fingerprint density at radius 1 is 1.30 bits per heavy atom. The number of aromatic amines is 1. The lowest BCUT2D eigenvalue weighted by Crippen LogP contribution is -1.79. The minimum absolute atomic E-state index is 0.438. The third-order valence-corrected chi connectivity index (χ3v) is 1.37. The second kappa shape index (κ2) is 1.80. The summed E-state index contributed by atoms with van der Waals surface area (Å²) in [6, 6.07) is 4.73. The van der Waals surface area contributed by atoms with E-state index < -0.39 is 5.95 Å². The van der Waals surface area contributed by atoms with Gasteiger partial charge in [0.15, 0.2) is 0 Å². The van der Waals surface area contributed by atoms with Gasteiger partial charge in [-0.1, -0.05) is 0 Å². The third kappa shape index (κ3) is 0.673.